The Labute approximate surface area is 125 Å². The number of fused-ring (bicyclic) bond motifs is 1. The Morgan fingerprint density at radius 2 is 2.14 bits per heavy atom. The van der Waals surface area contributed by atoms with E-state index < -0.39 is 0 Å². The summed E-state index contributed by atoms with van der Waals surface area (Å²) in [7, 11) is 0. The largest absolute Gasteiger partial charge is 0.310 e. The summed E-state index contributed by atoms with van der Waals surface area (Å²) in [4.78, 5) is 4.60. The molecular formula is C18H21FN2. The van der Waals surface area contributed by atoms with Gasteiger partial charge in [0.25, 0.3) is 0 Å². The third kappa shape index (κ3) is 2.84. The van der Waals surface area contributed by atoms with E-state index in [4.69, 9.17) is 0 Å². The van der Waals surface area contributed by atoms with Gasteiger partial charge in [-0.05, 0) is 43.5 Å². The fraction of sp³-hybridized carbons (Fsp3) is 0.389. The van der Waals surface area contributed by atoms with Crippen LogP contribution < -0.4 is 5.32 Å². The first-order valence-electron chi connectivity index (χ1n) is 7.73. The molecule has 1 aromatic carbocycles. The lowest BCUT2D eigenvalue weighted by Gasteiger charge is -2.32. The van der Waals surface area contributed by atoms with Gasteiger partial charge in [-0.2, -0.15) is 0 Å². The summed E-state index contributed by atoms with van der Waals surface area (Å²) in [5, 5.41) is 3.47. The molecule has 0 saturated heterocycles. The Morgan fingerprint density at radius 3 is 2.95 bits per heavy atom. The van der Waals surface area contributed by atoms with Gasteiger partial charge in [-0.25, -0.2) is 4.39 Å². The Morgan fingerprint density at radius 1 is 1.29 bits per heavy atom. The maximum Gasteiger partial charge on any atom is 0.128 e. The van der Waals surface area contributed by atoms with E-state index in [1.807, 2.05) is 24.4 Å². The second kappa shape index (κ2) is 6.35. The van der Waals surface area contributed by atoms with E-state index in [9.17, 15) is 4.39 Å². The summed E-state index contributed by atoms with van der Waals surface area (Å²) in [5.41, 5.74) is 3.20. The van der Waals surface area contributed by atoms with Crippen LogP contribution in [0.15, 0.2) is 42.6 Å². The van der Waals surface area contributed by atoms with Gasteiger partial charge in [-0.15, -0.1) is 0 Å². The van der Waals surface area contributed by atoms with Crippen molar-refractivity contribution in [3.05, 3.63) is 65.2 Å². The molecule has 2 atom stereocenters. The van der Waals surface area contributed by atoms with Crippen molar-refractivity contribution in [1.29, 1.82) is 0 Å². The van der Waals surface area contributed by atoms with Gasteiger partial charge in [0.2, 0.25) is 0 Å². The van der Waals surface area contributed by atoms with Gasteiger partial charge in [0.15, 0.2) is 0 Å². The molecule has 0 bridgehead atoms. The highest BCUT2D eigenvalue weighted by Gasteiger charge is 2.30. The molecule has 2 unspecified atom stereocenters. The van der Waals surface area contributed by atoms with Crippen molar-refractivity contribution in [1.82, 2.24) is 10.3 Å². The minimum Gasteiger partial charge on any atom is -0.310 e. The molecule has 1 heterocycles. The van der Waals surface area contributed by atoms with Crippen LogP contribution in [-0.2, 0) is 6.42 Å². The van der Waals surface area contributed by atoms with E-state index in [-0.39, 0.29) is 17.8 Å². The smallest absolute Gasteiger partial charge is 0.128 e. The number of pyridine rings is 1. The lowest BCUT2D eigenvalue weighted by atomic mass is 9.79. The number of likely N-dealkylation sites (N-methyl/N-ethyl adjacent to an activating group) is 1. The summed E-state index contributed by atoms with van der Waals surface area (Å²) in [6.07, 6.45) is 5.12. The van der Waals surface area contributed by atoms with Crippen molar-refractivity contribution in [2.75, 3.05) is 6.54 Å². The molecule has 2 nitrogen and oxygen atoms in total. The lowest BCUT2D eigenvalue weighted by Crippen LogP contribution is -2.30. The summed E-state index contributed by atoms with van der Waals surface area (Å²) < 4.78 is 14.2. The van der Waals surface area contributed by atoms with Gasteiger partial charge in [0.1, 0.15) is 5.82 Å². The minimum atomic E-state index is -0.133. The Hall–Kier alpha value is -1.74. The van der Waals surface area contributed by atoms with E-state index in [1.165, 1.54) is 5.56 Å². The van der Waals surface area contributed by atoms with Crippen LogP contribution >= 0.6 is 0 Å². The average molecular weight is 284 g/mol. The maximum atomic E-state index is 14.2. The van der Waals surface area contributed by atoms with Gasteiger partial charge in [-0.1, -0.05) is 31.2 Å². The SMILES string of the molecule is CCNC(c1ccccc1F)C1CCCc2cccnc21. The molecule has 3 heteroatoms. The van der Waals surface area contributed by atoms with Crippen molar-refractivity contribution in [3.8, 4) is 0 Å². The normalized spacial score (nSPS) is 19.0. The van der Waals surface area contributed by atoms with E-state index in [0.29, 0.717) is 0 Å². The number of hydrogen-bond acceptors (Lipinski definition) is 2. The number of aryl methyl sites for hydroxylation is 1. The average Bonchev–Trinajstić information content (AvgIpc) is 2.53. The summed E-state index contributed by atoms with van der Waals surface area (Å²) in [6, 6.07) is 11.2. The molecule has 110 valence electrons. The van der Waals surface area contributed by atoms with Gasteiger partial charge < -0.3 is 5.32 Å². The monoisotopic (exact) mass is 284 g/mol. The Kier molecular flexibility index (Phi) is 4.30. The van der Waals surface area contributed by atoms with E-state index >= 15 is 0 Å². The van der Waals surface area contributed by atoms with Gasteiger partial charge in [0, 0.05) is 29.4 Å². The maximum absolute atomic E-state index is 14.2. The third-order valence-corrected chi connectivity index (χ3v) is 4.31. The highest BCUT2D eigenvalue weighted by Crippen LogP contribution is 2.39. The van der Waals surface area contributed by atoms with Crippen LogP contribution in [0.3, 0.4) is 0 Å². The van der Waals surface area contributed by atoms with Crippen LogP contribution in [0.25, 0.3) is 0 Å². The second-order valence-corrected chi connectivity index (χ2v) is 5.60. The van der Waals surface area contributed by atoms with E-state index in [2.05, 4.69) is 23.3 Å². The number of rotatable bonds is 4. The lowest BCUT2D eigenvalue weighted by molar-refractivity contribution is 0.389. The molecule has 0 aliphatic heterocycles. The van der Waals surface area contributed by atoms with Crippen LogP contribution in [-0.4, -0.2) is 11.5 Å². The van der Waals surface area contributed by atoms with Crippen molar-refractivity contribution in [2.24, 2.45) is 0 Å². The zero-order valence-electron chi connectivity index (χ0n) is 12.3. The van der Waals surface area contributed by atoms with E-state index in [0.717, 1.165) is 37.1 Å². The third-order valence-electron chi connectivity index (χ3n) is 4.31. The first kappa shape index (κ1) is 14.2. The first-order valence-corrected chi connectivity index (χ1v) is 7.73. The van der Waals surface area contributed by atoms with Crippen LogP contribution in [0.1, 0.15) is 48.5 Å². The minimum absolute atomic E-state index is 0.00912. The molecule has 0 amide bonds. The molecule has 1 aromatic heterocycles. The molecular weight excluding hydrogens is 263 g/mol. The first-order chi connectivity index (χ1) is 10.3. The molecule has 1 aliphatic carbocycles. The molecule has 21 heavy (non-hydrogen) atoms. The number of nitrogens with zero attached hydrogens (tertiary/aromatic N) is 1. The topological polar surface area (TPSA) is 24.9 Å². The molecule has 3 rings (SSSR count). The number of benzene rings is 1. The highest BCUT2D eigenvalue weighted by molar-refractivity contribution is 5.32. The summed E-state index contributed by atoms with van der Waals surface area (Å²) >= 11 is 0. The number of hydrogen-bond donors (Lipinski definition) is 1. The number of halogens is 1. The molecule has 0 radical (unpaired) electrons. The highest BCUT2D eigenvalue weighted by atomic mass is 19.1. The zero-order chi connectivity index (χ0) is 14.7. The zero-order valence-corrected chi connectivity index (χ0v) is 12.3. The van der Waals surface area contributed by atoms with Gasteiger partial charge in [0.05, 0.1) is 0 Å². The molecule has 0 saturated carbocycles. The standard InChI is InChI=1S/C18H21FN2/c1-2-20-18(14-9-3-4-11-16(14)19)15-10-5-7-13-8-6-12-21-17(13)15/h3-4,6,8-9,11-12,15,18,20H,2,5,7,10H2,1H3. The molecule has 1 N–H and O–H groups in total. The summed E-state index contributed by atoms with van der Waals surface area (Å²) in [6.45, 7) is 2.88. The van der Waals surface area contributed by atoms with Crippen LogP contribution in [0.4, 0.5) is 4.39 Å². The van der Waals surface area contributed by atoms with Crippen molar-refractivity contribution >= 4 is 0 Å². The Bertz CT molecular complexity index is 612. The van der Waals surface area contributed by atoms with Gasteiger partial charge >= 0.3 is 0 Å². The van der Waals surface area contributed by atoms with Crippen molar-refractivity contribution in [3.63, 3.8) is 0 Å². The molecule has 2 aromatic rings. The predicted molar refractivity (Wildman–Crippen MR) is 82.7 cm³/mol. The van der Waals surface area contributed by atoms with Gasteiger partial charge in [-0.3, -0.25) is 4.98 Å². The van der Waals surface area contributed by atoms with Crippen molar-refractivity contribution in [2.45, 2.75) is 38.1 Å². The predicted octanol–water partition coefficient (Wildman–Crippen LogP) is 3.99. The Balaban J connectivity index is 2.01. The second-order valence-electron chi connectivity index (χ2n) is 5.60. The summed E-state index contributed by atoms with van der Waals surface area (Å²) in [5.74, 6) is 0.110. The fourth-order valence-corrected chi connectivity index (χ4v) is 3.39. The quantitative estimate of drug-likeness (QED) is 0.918. The van der Waals surface area contributed by atoms with E-state index in [1.54, 1.807) is 12.1 Å². The molecule has 0 spiro atoms. The number of aromatic nitrogens is 1. The van der Waals surface area contributed by atoms with Crippen LogP contribution in [0.2, 0.25) is 0 Å². The number of nitrogens with one attached hydrogen (secondary N) is 1. The fourth-order valence-electron chi connectivity index (χ4n) is 3.39. The van der Waals surface area contributed by atoms with Crippen molar-refractivity contribution < 1.29 is 4.39 Å². The molecule has 0 fully saturated rings. The van der Waals surface area contributed by atoms with Crippen LogP contribution in [0.5, 0.6) is 0 Å². The molecule has 1 aliphatic rings. The van der Waals surface area contributed by atoms with Crippen LogP contribution in [0, 0.1) is 5.82 Å².